The van der Waals surface area contributed by atoms with E-state index in [0.29, 0.717) is 23.4 Å². The molecule has 4 aliphatic carbocycles. The maximum Gasteiger partial charge on any atom is 0.303 e. The number of halogens is 3. The fourth-order valence-electron chi connectivity index (χ4n) is 7.58. The third kappa shape index (κ3) is 2.95. The largest absolute Gasteiger partial charge is 0.451 e. The van der Waals surface area contributed by atoms with Crippen LogP contribution >= 0.6 is 23.2 Å². The normalized spacial score (nSPS) is 46.3. The Bertz CT molecular complexity index is 913. The van der Waals surface area contributed by atoms with E-state index in [0.717, 1.165) is 0 Å². The zero-order valence-electron chi connectivity index (χ0n) is 18.3. The van der Waals surface area contributed by atoms with E-state index in [-0.39, 0.29) is 48.0 Å². The molecule has 0 aromatic rings. The Morgan fingerprint density at radius 2 is 1.97 bits per heavy atom. The average Bonchev–Trinajstić information content (AvgIpc) is 2.95. The summed E-state index contributed by atoms with van der Waals surface area (Å²) in [6.07, 6.45) is 3.58. The van der Waals surface area contributed by atoms with Crippen molar-refractivity contribution in [2.45, 2.75) is 65.2 Å². The van der Waals surface area contributed by atoms with E-state index in [4.69, 9.17) is 27.9 Å². The first-order valence-electron chi connectivity index (χ1n) is 11.0. The molecule has 0 spiro atoms. The summed E-state index contributed by atoms with van der Waals surface area (Å²) in [4.78, 5) is 37.1. The number of allylic oxidation sites excluding steroid dienone is 4. The lowest BCUT2D eigenvalue weighted by Gasteiger charge is -2.60. The Kier molecular flexibility index (Phi) is 5.49. The summed E-state index contributed by atoms with van der Waals surface area (Å²) in [5.41, 5.74) is -2.16. The van der Waals surface area contributed by atoms with Gasteiger partial charge in [-0.3, -0.25) is 14.4 Å². The molecule has 0 bridgehead atoms. The van der Waals surface area contributed by atoms with Gasteiger partial charge in [-0.15, -0.1) is 11.6 Å². The minimum atomic E-state index is -1.33. The van der Waals surface area contributed by atoms with Crippen molar-refractivity contribution in [1.82, 2.24) is 0 Å². The SMILES string of the molecule is CC(=O)O[C@]1(C(C)=O)CC[C@H]2[C@@H]3C=C(Cl)C4=CC(=O)CC(CCl)[C@]4(C)[C@H]3C(F)C[C@@]21C. The van der Waals surface area contributed by atoms with Gasteiger partial charge >= 0.3 is 5.97 Å². The van der Waals surface area contributed by atoms with Crippen molar-refractivity contribution < 1.29 is 23.5 Å². The van der Waals surface area contributed by atoms with Crippen LogP contribution in [0.2, 0.25) is 0 Å². The first kappa shape index (κ1) is 23.0. The number of ether oxygens (including phenoxy) is 1. The molecule has 0 saturated heterocycles. The van der Waals surface area contributed by atoms with Crippen molar-refractivity contribution in [3.8, 4) is 0 Å². The summed E-state index contributed by atoms with van der Waals surface area (Å²) in [7, 11) is 0. The molecule has 2 fully saturated rings. The van der Waals surface area contributed by atoms with E-state index in [2.05, 4.69) is 0 Å². The highest BCUT2D eigenvalue weighted by molar-refractivity contribution is 6.32. The molecular formula is C24H29Cl2FO4. The number of esters is 1. The number of hydrogen-bond acceptors (Lipinski definition) is 4. The second kappa shape index (κ2) is 7.41. The van der Waals surface area contributed by atoms with Gasteiger partial charge in [0.25, 0.3) is 0 Å². The minimum Gasteiger partial charge on any atom is -0.451 e. The molecule has 0 heterocycles. The quantitative estimate of drug-likeness (QED) is 0.421. The molecule has 31 heavy (non-hydrogen) atoms. The number of alkyl halides is 2. The average molecular weight is 471 g/mol. The third-order valence-corrected chi connectivity index (χ3v) is 9.68. The van der Waals surface area contributed by atoms with Gasteiger partial charge in [0.15, 0.2) is 17.2 Å². The summed E-state index contributed by atoms with van der Waals surface area (Å²) in [5.74, 6) is -1.50. The van der Waals surface area contributed by atoms with Crippen molar-refractivity contribution in [3.05, 3.63) is 22.8 Å². The van der Waals surface area contributed by atoms with E-state index >= 15 is 4.39 Å². The zero-order valence-corrected chi connectivity index (χ0v) is 19.9. The highest BCUT2D eigenvalue weighted by atomic mass is 35.5. The molecule has 0 N–H and O–H groups in total. The fraction of sp³-hybridized carbons (Fsp3) is 0.708. The Morgan fingerprint density at radius 3 is 2.55 bits per heavy atom. The minimum absolute atomic E-state index is 0.0366. The Hall–Kier alpha value is -1.20. The van der Waals surface area contributed by atoms with Gasteiger partial charge in [0.05, 0.1) is 0 Å². The van der Waals surface area contributed by atoms with Gasteiger partial charge in [0, 0.05) is 41.0 Å². The molecule has 0 radical (unpaired) electrons. The molecule has 8 atom stereocenters. The Labute approximate surface area is 192 Å². The van der Waals surface area contributed by atoms with Gasteiger partial charge in [-0.2, -0.15) is 0 Å². The summed E-state index contributed by atoms with van der Waals surface area (Å²) >= 11 is 13.0. The van der Waals surface area contributed by atoms with Crippen LogP contribution in [-0.2, 0) is 19.1 Å². The monoisotopic (exact) mass is 470 g/mol. The third-order valence-electron chi connectivity index (χ3n) is 8.98. The number of rotatable bonds is 3. The van der Waals surface area contributed by atoms with Gasteiger partial charge in [-0.25, -0.2) is 4.39 Å². The summed E-state index contributed by atoms with van der Waals surface area (Å²) in [6, 6.07) is 0. The number of hydrogen-bond donors (Lipinski definition) is 0. The van der Waals surface area contributed by atoms with E-state index in [9.17, 15) is 14.4 Å². The Morgan fingerprint density at radius 1 is 1.29 bits per heavy atom. The number of ketones is 2. The van der Waals surface area contributed by atoms with Crippen molar-refractivity contribution in [2.75, 3.05) is 5.88 Å². The molecule has 0 amide bonds. The van der Waals surface area contributed by atoms with Gasteiger partial charge < -0.3 is 4.74 Å². The van der Waals surface area contributed by atoms with Crippen LogP contribution in [0.5, 0.6) is 0 Å². The van der Waals surface area contributed by atoms with Crippen LogP contribution < -0.4 is 0 Å². The van der Waals surface area contributed by atoms with E-state index in [1.165, 1.54) is 13.8 Å². The van der Waals surface area contributed by atoms with E-state index in [1.807, 2.05) is 19.9 Å². The molecule has 4 rings (SSSR count). The van der Waals surface area contributed by atoms with Crippen molar-refractivity contribution in [1.29, 1.82) is 0 Å². The smallest absolute Gasteiger partial charge is 0.303 e. The molecule has 0 aromatic carbocycles. The van der Waals surface area contributed by atoms with Crippen LogP contribution in [0.15, 0.2) is 22.8 Å². The number of carbonyl (C=O) groups is 3. The van der Waals surface area contributed by atoms with Crippen LogP contribution in [0.3, 0.4) is 0 Å². The number of Topliss-reactive ketones (excluding diaryl/α,β-unsaturated/α-hetero) is 1. The topological polar surface area (TPSA) is 60.4 Å². The molecule has 2 unspecified atom stereocenters. The highest BCUT2D eigenvalue weighted by Gasteiger charge is 2.70. The van der Waals surface area contributed by atoms with Gasteiger partial charge in [-0.1, -0.05) is 31.5 Å². The van der Waals surface area contributed by atoms with Crippen LogP contribution in [0.25, 0.3) is 0 Å². The predicted octanol–water partition coefficient (Wildman–Crippen LogP) is 5.16. The highest BCUT2D eigenvalue weighted by Crippen LogP contribution is 2.69. The lowest BCUT2D eigenvalue weighted by molar-refractivity contribution is -0.190. The molecule has 2 saturated carbocycles. The van der Waals surface area contributed by atoms with E-state index < -0.39 is 34.5 Å². The second-order valence-corrected chi connectivity index (χ2v) is 11.0. The summed E-state index contributed by atoms with van der Waals surface area (Å²) in [6.45, 7) is 6.59. The first-order valence-corrected chi connectivity index (χ1v) is 11.9. The lowest BCUT2D eigenvalue weighted by atomic mass is 9.45. The maximum atomic E-state index is 16.2. The van der Waals surface area contributed by atoms with Crippen LogP contribution in [0.1, 0.15) is 53.4 Å². The molecule has 4 aliphatic rings. The van der Waals surface area contributed by atoms with Crippen LogP contribution in [0.4, 0.5) is 4.39 Å². The maximum absolute atomic E-state index is 16.2. The van der Waals surface area contributed by atoms with Gasteiger partial charge in [0.1, 0.15) is 6.17 Å². The molecular weight excluding hydrogens is 442 g/mol. The van der Waals surface area contributed by atoms with Crippen molar-refractivity contribution in [3.63, 3.8) is 0 Å². The van der Waals surface area contributed by atoms with Gasteiger partial charge in [-0.05, 0) is 55.6 Å². The predicted molar refractivity (Wildman–Crippen MR) is 116 cm³/mol. The molecule has 7 heteroatoms. The van der Waals surface area contributed by atoms with E-state index in [1.54, 1.807) is 6.08 Å². The Balaban J connectivity index is 1.87. The summed E-state index contributed by atoms with van der Waals surface area (Å²) in [5, 5.41) is 0.469. The standard InChI is InChI=1S/C24H29Cl2FO4/c1-12(28)24(31-13(2)29)6-5-17-16-9-19(26)18-8-15(30)7-14(11-25)23(18,4)21(16)20(27)10-22(17,24)3/h8-9,14,16-17,20-21H,5-7,10-11H2,1-4H3/t14?,16-,17-,20?,21+,22-,23-,24-/m0/s1. The van der Waals surface area contributed by atoms with Crippen LogP contribution in [-0.4, -0.2) is 35.2 Å². The van der Waals surface area contributed by atoms with Crippen molar-refractivity contribution in [2.24, 2.45) is 34.5 Å². The molecule has 0 aromatic heterocycles. The lowest BCUT2D eigenvalue weighted by Crippen LogP contribution is -2.62. The number of fused-ring (bicyclic) bond motifs is 5. The number of carbonyl (C=O) groups excluding carboxylic acids is 3. The first-order chi connectivity index (χ1) is 14.4. The summed E-state index contributed by atoms with van der Waals surface area (Å²) < 4.78 is 21.9. The molecule has 170 valence electrons. The fourth-order valence-corrected chi connectivity index (χ4v) is 8.41. The zero-order chi connectivity index (χ0) is 22.9. The van der Waals surface area contributed by atoms with Gasteiger partial charge in [0.2, 0.25) is 0 Å². The molecule has 4 nitrogen and oxygen atoms in total. The van der Waals surface area contributed by atoms with Crippen LogP contribution in [0, 0.1) is 34.5 Å². The van der Waals surface area contributed by atoms with Crippen molar-refractivity contribution >= 4 is 40.7 Å². The second-order valence-electron chi connectivity index (χ2n) is 10.2. The molecule has 0 aliphatic heterocycles.